The summed E-state index contributed by atoms with van der Waals surface area (Å²) in [5.74, 6) is -0.301. The van der Waals surface area contributed by atoms with Gasteiger partial charge < -0.3 is 11.1 Å². The van der Waals surface area contributed by atoms with E-state index in [0.717, 1.165) is 4.47 Å². The van der Waals surface area contributed by atoms with Crippen LogP contribution < -0.4 is 11.1 Å². The van der Waals surface area contributed by atoms with Gasteiger partial charge in [-0.2, -0.15) is 0 Å². The van der Waals surface area contributed by atoms with E-state index < -0.39 is 0 Å². The molecule has 2 aromatic carbocycles. The summed E-state index contributed by atoms with van der Waals surface area (Å²) in [5, 5.41) is 2.95. The number of nitrogen functional groups attached to an aromatic ring is 1. The Labute approximate surface area is 101 Å². The van der Waals surface area contributed by atoms with Crippen molar-refractivity contribution in [1.29, 1.82) is 0 Å². The van der Waals surface area contributed by atoms with E-state index in [4.69, 9.17) is 5.73 Å². The minimum atomic E-state index is -0.301. The number of benzene rings is 2. The predicted octanol–water partition coefficient (Wildman–Crippen LogP) is 3.91. The van der Waals surface area contributed by atoms with Gasteiger partial charge in [-0.1, -0.05) is 28.1 Å². The molecule has 4 heteroatoms. The first kappa shape index (κ1) is 11.0. The molecule has 16 heavy (non-hydrogen) atoms. The van der Waals surface area contributed by atoms with Crippen LogP contribution in [0.5, 0.6) is 0 Å². The van der Waals surface area contributed by atoms with E-state index in [2.05, 4.69) is 21.2 Å². The van der Waals surface area contributed by atoms with E-state index in [9.17, 15) is 4.39 Å². The molecule has 3 N–H and O–H groups in total. The number of halogens is 2. The lowest BCUT2D eigenvalue weighted by atomic mass is 10.2. The van der Waals surface area contributed by atoms with E-state index in [-0.39, 0.29) is 5.82 Å². The molecule has 2 nitrogen and oxygen atoms in total. The highest BCUT2D eigenvalue weighted by molar-refractivity contribution is 9.10. The van der Waals surface area contributed by atoms with Crippen LogP contribution >= 0.6 is 15.9 Å². The van der Waals surface area contributed by atoms with Gasteiger partial charge in [-0.05, 0) is 30.3 Å². The van der Waals surface area contributed by atoms with Crippen molar-refractivity contribution in [3.05, 3.63) is 52.8 Å². The SMILES string of the molecule is Nc1cc(Br)ccc1Nc1ccccc1F. The molecule has 0 radical (unpaired) electrons. The average molecular weight is 281 g/mol. The molecule has 0 amide bonds. The van der Waals surface area contributed by atoms with E-state index in [0.29, 0.717) is 17.1 Å². The zero-order valence-electron chi connectivity index (χ0n) is 8.37. The molecule has 0 bridgehead atoms. The number of para-hydroxylation sites is 1. The average Bonchev–Trinajstić information content (AvgIpc) is 2.25. The highest BCUT2D eigenvalue weighted by Gasteiger charge is 2.03. The van der Waals surface area contributed by atoms with Crippen molar-refractivity contribution in [3.8, 4) is 0 Å². The minimum absolute atomic E-state index is 0.301. The third-order valence-corrected chi connectivity index (χ3v) is 2.65. The Morgan fingerprint density at radius 2 is 1.81 bits per heavy atom. The molecule has 0 atom stereocenters. The highest BCUT2D eigenvalue weighted by Crippen LogP contribution is 2.27. The van der Waals surface area contributed by atoms with Crippen LogP contribution in [-0.2, 0) is 0 Å². The number of nitrogens with one attached hydrogen (secondary N) is 1. The monoisotopic (exact) mass is 280 g/mol. The molecule has 0 spiro atoms. The van der Waals surface area contributed by atoms with Crippen LogP contribution in [0.15, 0.2) is 46.9 Å². The summed E-state index contributed by atoms with van der Waals surface area (Å²) < 4.78 is 14.3. The van der Waals surface area contributed by atoms with Crippen LogP contribution in [0.4, 0.5) is 21.5 Å². The van der Waals surface area contributed by atoms with Gasteiger partial charge in [-0.3, -0.25) is 0 Å². The fourth-order valence-electron chi connectivity index (χ4n) is 1.36. The first-order chi connectivity index (χ1) is 7.66. The summed E-state index contributed by atoms with van der Waals surface area (Å²) in [7, 11) is 0. The third-order valence-electron chi connectivity index (χ3n) is 2.16. The van der Waals surface area contributed by atoms with Crippen molar-refractivity contribution in [3.63, 3.8) is 0 Å². The molecule has 0 saturated carbocycles. The highest BCUT2D eigenvalue weighted by atomic mass is 79.9. The molecular weight excluding hydrogens is 271 g/mol. The maximum absolute atomic E-state index is 13.4. The van der Waals surface area contributed by atoms with Crippen molar-refractivity contribution < 1.29 is 4.39 Å². The van der Waals surface area contributed by atoms with Crippen molar-refractivity contribution in [2.75, 3.05) is 11.1 Å². The van der Waals surface area contributed by atoms with Gasteiger partial charge >= 0.3 is 0 Å². The van der Waals surface area contributed by atoms with Crippen molar-refractivity contribution in [1.82, 2.24) is 0 Å². The van der Waals surface area contributed by atoms with Gasteiger partial charge in [0.25, 0.3) is 0 Å². The predicted molar refractivity (Wildman–Crippen MR) is 68.2 cm³/mol. The van der Waals surface area contributed by atoms with E-state index in [1.807, 2.05) is 6.07 Å². The largest absolute Gasteiger partial charge is 0.397 e. The topological polar surface area (TPSA) is 38.0 Å². The van der Waals surface area contributed by atoms with Gasteiger partial charge in [-0.25, -0.2) is 4.39 Å². The van der Waals surface area contributed by atoms with Gasteiger partial charge in [0.05, 0.1) is 17.1 Å². The number of hydrogen-bond acceptors (Lipinski definition) is 2. The zero-order chi connectivity index (χ0) is 11.5. The van der Waals surface area contributed by atoms with Crippen molar-refractivity contribution in [2.24, 2.45) is 0 Å². The number of hydrogen-bond donors (Lipinski definition) is 2. The first-order valence-electron chi connectivity index (χ1n) is 4.73. The summed E-state index contributed by atoms with van der Waals surface area (Å²) >= 11 is 3.31. The van der Waals surface area contributed by atoms with Gasteiger partial charge in [0.2, 0.25) is 0 Å². The van der Waals surface area contributed by atoms with Crippen LogP contribution in [-0.4, -0.2) is 0 Å². The summed E-state index contributed by atoms with van der Waals surface area (Å²) in [5.41, 5.74) is 7.47. The van der Waals surface area contributed by atoms with Gasteiger partial charge in [-0.15, -0.1) is 0 Å². The molecule has 0 fully saturated rings. The molecular formula is C12H10BrFN2. The smallest absolute Gasteiger partial charge is 0.146 e. The maximum atomic E-state index is 13.4. The second-order valence-corrected chi connectivity index (χ2v) is 4.25. The van der Waals surface area contributed by atoms with Crippen LogP contribution in [0, 0.1) is 5.82 Å². The molecule has 2 rings (SSSR count). The second kappa shape index (κ2) is 4.53. The Balaban J connectivity index is 2.31. The lowest BCUT2D eigenvalue weighted by Crippen LogP contribution is -1.97. The molecule has 82 valence electrons. The van der Waals surface area contributed by atoms with Crippen LogP contribution in [0.1, 0.15) is 0 Å². The number of nitrogens with two attached hydrogens (primary N) is 1. The molecule has 0 aromatic heterocycles. The Bertz CT molecular complexity index is 514. The number of rotatable bonds is 2. The lowest BCUT2D eigenvalue weighted by molar-refractivity contribution is 0.632. The van der Waals surface area contributed by atoms with E-state index in [1.54, 1.807) is 30.3 Å². The molecule has 0 heterocycles. The first-order valence-corrected chi connectivity index (χ1v) is 5.53. The lowest BCUT2D eigenvalue weighted by Gasteiger charge is -2.10. The fourth-order valence-corrected chi connectivity index (χ4v) is 1.73. The van der Waals surface area contributed by atoms with E-state index in [1.165, 1.54) is 6.07 Å². The van der Waals surface area contributed by atoms with Crippen molar-refractivity contribution >= 4 is 33.0 Å². The molecule has 0 aliphatic heterocycles. The van der Waals surface area contributed by atoms with Crippen LogP contribution in [0.25, 0.3) is 0 Å². The van der Waals surface area contributed by atoms with Crippen LogP contribution in [0.3, 0.4) is 0 Å². The summed E-state index contributed by atoms with van der Waals surface area (Å²) in [4.78, 5) is 0. The summed E-state index contributed by atoms with van der Waals surface area (Å²) in [6.07, 6.45) is 0. The van der Waals surface area contributed by atoms with E-state index >= 15 is 0 Å². The van der Waals surface area contributed by atoms with Crippen molar-refractivity contribution in [2.45, 2.75) is 0 Å². The fraction of sp³-hybridized carbons (Fsp3) is 0. The standard InChI is InChI=1S/C12H10BrFN2/c13-8-5-6-12(10(15)7-8)16-11-4-2-1-3-9(11)14/h1-7,16H,15H2. The quantitative estimate of drug-likeness (QED) is 0.819. The maximum Gasteiger partial charge on any atom is 0.146 e. The molecule has 2 aromatic rings. The Hall–Kier alpha value is -1.55. The zero-order valence-corrected chi connectivity index (χ0v) is 9.96. The Morgan fingerprint density at radius 1 is 1.06 bits per heavy atom. The molecule has 0 aliphatic rings. The molecule has 0 saturated heterocycles. The van der Waals surface area contributed by atoms with Crippen LogP contribution in [0.2, 0.25) is 0 Å². The van der Waals surface area contributed by atoms with Gasteiger partial charge in [0.15, 0.2) is 0 Å². The summed E-state index contributed by atoms with van der Waals surface area (Å²) in [6, 6.07) is 11.9. The van der Waals surface area contributed by atoms with Gasteiger partial charge in [0.1, 0.15) is 5.82 Å². The second-order valence-electron chi connectivity index (χ2n) is 3.34. The minimum Gasteiger partial charge on any atom is -0.397 e. The Morgan fingerprint density at radius 3 is 2.50 bits per heavy atom. The number of anilines is 3. The molecule has 0 aliphatic carbocycles. The third kappa shape index (κ3) is 2.33. The van der Waals surface area contributed by atoms with Gasteiger partial charge in [0, 0.05) is 4.47 Å². The normalized spacial score (nSPS) is 10.1. The molecule has 0 unspecified atom stereocenters. The summed E-state index contributed by atoms with van der Waals surface area (Å²) in [6.45, 7) is 0. The Kier molecular flexibility index (Phi) is 3.10.